The molecular formula is C17H20F3NO2. The lowest BCUT2D eigenvalue weighted by Crippen LogP contribution is -2.45. The zero-order valence-corrected chi connectivity index (χ0v) is 12.8. The van der Waals surface area contributed by atoms with Gasteiger partial charge in [-0.3, -0.25) is 0 Å². The van der Waals surface area contributed by atoms with Crippen LogP contribution in [-0.4, -0.2) is 22.8 Å². The van der Waals surface area contributed by atoms with E-state index in [1.54, 1.807) is 12.1 Å². The molecule has 1 unspecified atom stereocenters. The minimum Gasteiger partial charge on any atom is -0.350 e. The first-order valence-corrected chi connectivity index (χ1v) is 8.01. The van der Waals surface area contributed by atoms with Crippen LogP contribution < -0.4 is 0 Å². The Kier molecular flexibility index (Phi) is 4.36. The van der Waals surface area contributed by atoms with Gasteiger partial charge in [-0.15, -0.1) is 0 Å². The summed E-state index contributed by atoms with van der Waals surface area (Å²) in [5, 5.41) is 12.9. The summed E-state index contributed by atoms with van der Waals surface area (Å²) in [5.74, 6) is -2.50. The molecule has 0 amide bonds. The summed E-state index contributed by atoms with van der Waals surface area (Å²) >= 11 is 0. The van der Waals surface area contributed by atoms with Crippen LogP contribution in [0.4, 0.5) is 13.2 Å². The average molecular weight is 327 g/mol. The third kappa shape index (κ3) is 3.52. The molecule has 1 N–H and O–H groups in total. The summed E-state index contributed by atoms with van der Waals surface area (Å²) in [6.45, 7) is 0. The van der Waals surface area contributed by atoms with Gasteiger partial charge in [0.25, 0.3) is 0 Å². The quantitative estimate of drug-likeness (QED) is 0.905. The number of aliphatic hydroxyl groups is 1. The van der Waals surface area contributed by atoms with Gasteiger partial charge < -0.3 is 9.94 Å². The van der Waals surface area contributed by atoms with Gasteiger partial charge >= 0.3 is 12.0 Å². The highest BCUT2D eigenvalue weighted by Crippen LogP contribution is 2.39. The van der Waals surface area contributed by atoms with Crippen LogP contribution >= 0.6 is 0 Å². The van der Waals surface area contributed by atoms with E-state index < -0.39 is 18.4 Å². The molecule has 23 heavy (non-hydrogen) atoms. The molecule has 0 bridgehead atoms. The van der Waals surface area contributed by atoms with Gasteiger partial charge in [-0.25, -0.2) is 0 Å². The zero-order chi connectivity index (χ0) is 16.5. The third-order valence-electron chi connectivity index (χ3n) is 4.69. The number of oxime groups is 1. The van der Waals surface area contributed by atoms with Gasteiger partial charge in [0.05, 0.1) is 12.1 Å². The number of hydrogen-bond acceptors (Lipinski definition) is 3. The Balaban J connectivity index is 1.64. The highest BCUT2D eigenvalue weighted by Gasteiger charge is 2.60. The van der Waals surface area contributed by atoms with Crippen molar-refractivity contribution in [2.75, 3.05) is 0 Å². The average Bonchev–Trinajstić information content (AvgIpc) is 2.93. The Morgan fingerprint density at radius 3 is 2.35 bits per heavy atom. The van der Waals surface area contributed by atoms with Gasteiger partial charge in [-0.05, 0) is 23.5 Å². The molecule has 1 fully saturated rings. The molecule has 1 aliphatic carbocycles. The van der Waals surface area contributed by atoms with E-state index in [0.717, 1.165) is 6.42 Å². The van der Waals surface area contributed by atoms with E-state index in [4.69, 9.17) is 0 Å². The molecule has 0 aromatic heterocycles. The van der Waals surface area contributed by atoms with E-state index in [1.807, 2.05) is 12.1 Å². The van der Waals surface area contributed by atoms with Gasteiger partial charge in [-0.2, -0.15) is 13.2 Å². The summed E-state index contributed by atoms with van der Waals surface area (Å²) < 4.78 is 38.1. The van der Waals surface area contributed by atoms with Gasteiger partial charge in [0.2, 0.25) is 0 Å². The van der Waals surface area contributed by atoms with Crippen molar-refractivity contribution in [1.82, 2.24) is 0 Å². The van der Waals surface area contributed by atoms with Crippen molar-refractivity contribution in [2.24, 2.45) is 11.1 Å². The SMILES string of the molecule is OC1(C(F)(F)F)CC(c2ccc(CC3CCCCC3)cc2)=NO1. The largest absolute Gasteiger partial charge is 0.458 e. The third-order valence-corrected chi connectivity index (χ3v) is 4.69. The van der Waals surface area contributed by atoms with Crippen molar-refractivity contribution in [1.29, 1.82) is 0 Å². The smallest absolute Gasteiger partial charge is 0.350 e. The number of halogens is 3. The normalized spacial score (nSPS) is 26.0. The molecule has 3 nitrogen and oxygen atoms in total. The first kappa shape index (κ1) is 16.3. The summed E-state index contributed by atoms with van der Waals surface area (Å²) in [4.78, 5) is 4.24. The summed E-state index contributed by atoms with van der Waals surface area (Å²) in [5.41, 5.74) is 1.86. The van der Waals surface area contributed by atoms with Crippen LogP contribution in [0.25, 0.3) is 0 Å². The van der Waals surface area contributed by atoms with Crippen LogP contribution in [0.2, 0.25) is 0 Å². The Hall–Kier alpha value is -1.56. The zero-order valence-electron chi connectivity index (χ0n) is 12.8. The Morgan fingerprint density at radius 1 is 1.13 bits per heavy atom. The number of nitrogens with zero attached hydrogens (tertiary/aromatic N) is 1. The van der Waals surface area contributed by atoms with Crippen LogP contribution in [-0.2, 0) is 11.3 Å². The Morgan fingerprint density at radius 2 is 1.78 bits per heavy atom. The van der Waals surface area contributed by atoms with Crippen molar-refractivity contribution >= 4 is 5.71 Å². The summed E-state index contributed by atoms with van der Waals surface area (Å²) in [7, 11) is 0. The number of rotatable bonds is 3. The van der Waals surface area contributed by atoms with E-state index >= 15 is 0 Å². The molecule has 1 saturated carbocycles. The second-order valence-corrected chi connectivity index (χ2v) is 6.49. The van der Waals surface area contributed by atoms with Crippen molar-refractivity contribution in [3.8, 4) is 0 Å². The van der Waals surface area contributed by atoms with Crippen molar-refractivity contribution < 1.29 is 23.1 Å². The maximum Gasteiger partial charge on any atom is 0.458 e. The van der Waals surface area contributed by atoms with Gasteiger partial charge in [0.1, 0.15) is 0 Å². The van der Waals surface area contributed by atoms with E-state index in [1.165, 1.54) is 37.7 Å². The highest BCUT2D eigenvalue weighted by molar-refractivity contribution is 6.01. The van der Waals surface area contributed by atoms with Crippen molar-refractivity contribution in [3.05, 3.63) is 35.4 Å². The van der Waals surface area contributed by atoms with Crippen molar-refractivity contribution in [2.45, 2.75) is 56.9 Å². The predicted molar refractivity (Wildman–Crippen MR) is 80.0 cm³/mol. The predicted octanol–water partition coefficient (Wildman–Crippen LogP) is 4.18. The minimum atomic E-state index is -4.86. The van der Waals surface area contributed by atoms with E-state index in [9.17, 15) is 18.3 Å². The molecule has 1 atom stereocenters. The Labute approximate surface area is 133 Å². The monoisotopic (exact) mass is 327 g/mol. The van der Waals surface area contributed by atoms with Gasteiger partial charge in [0, 0.05) is 0 Å². The Bertz CT molecular complexity index is 576. The number of alkyl halides is 3. The standard InChI is InChI=1S/C17H20F3NO2/c18-17(19,20)16(22)11-15(21-23-16)14-8-6-13(7-9-14)10-12-4-2-1-3-5-12/h6-9,12,22H,1-5,10-11H2. The van der Waals surface area contributed by atoms with E-state index in [0.29, 0.717) is 11.5 Å². The molecule has 1 aliphatic heterocycles. The molecule has 0 spiro atoms. The second-order valence-electron chi connectivity index (χ2n) is 6.49. The van der Waals surface area contributed by atoms with Crippen LogP contribution in [0, 0.1) is 5.92 Å². The molecule has 0 saturated heterocycles. The molecule has 2 aliphatic rings. The van der Waals surface area contributed by atoms with Crippen molar-refractivity contribution in [3.63, 3.8) is 0 Å². The second kappa shape index (κ2) is 6.15. The van der Waals surface area contributed by atoms with Crippen LogP contribution in [0.1, 0.15) is 49.7 Å². The lowest BCUT2D eigenvalue weighted by molar-refractivity contribution is -0.355. The highest BCUT2D eigenvalue weighted by atomic mass is 19.4. The first-order valence-electron chi connectivity index (χ1n) is 8.01. The van der Waals surface area contributed by atoms with Gasteiger partial charge in [0.15, 0.2) is 0 Å². The lowest BCUT2D eigenvalue weighted by Gasteiger charge is -2.22. The fourth-order valence-electron chi connectivity index (χ4n) is 3.29. The molecule has 126 valence electrons. The molecular weight excluding hydrogens is 307 g/mol. The van der Waals surface area contributed by atoms with Crippen LogP contribution in [0.15, 0.2) is 29.4 Å². The van der Waals surface area contributed by atoms with Crippen LogP contribution in [0.3, 0.4) is 0 Å². The maximum atomic E-state index is 12.7. The maximum absolute atomic E-state index is 12.7. The summed E-state index contributed by atoms with van der Waals surface area (Å²) in [6.07, 6.45) is 1.85. The molecule has 0 radical (unpaired) electrons. The minimum absolute atomic E-state index is 0.119. The van der Waals surface area contributed by atoms with Crippen LogP contribution in [0.5, 0.6) is 0 Å². The molecule has 6 heteroatoms. The number of hydrogen-bond donors (Lipinski definition) is 1. The fraction of sp³-hybridized carbons (Fsp3) is 0.588. The summed E-state index contributed by atoms with van der Waals surface area (Å²) in [6, 6.07) is 7.36. The first-order chi connectivity index (χ1) is 10.9. The lowest BCUT2D eigenvalue weighted by atomic mass is 9.84. The molecule has 1 aromatic carbocycles. The molecule has 1 heterocycles. The van der Waals surface area contributed by atoms with E-state index in [2.05, 4.69) is 9.99 Å². The molecule has 3 rings (SSSR count). The topological polar surface area (TPSA) is 41.8 Å². The van der Waals surface area contributed by atoms with Gasteiger partial charge in [-0.1, -0.05) is 61.5 Å². The molecule has 1 aromatic rings. The number of benzene rings is 1. The van der Waals surface area contributed by atoms with E-state index in [-0.39, 0.29) is 5.71 Å². The fourth-order valence-corrected chi connectivity index (χ4v) is 3.29.